The number of rotatable bonds is 5. The first-order valence-corrected chi connectivity index (χ1v) is 9.87. The Hall–Kier alpha value is -3.22. The Morgan fingerprint density at radius 3 is 2.52 bits per heavy atom. The van der Waals surface area contributed by atoms with Gasteiger partial charge in [-0.1, -0.05) is 17.7 Å². The van der Waals surface area contributed by atoms with Gasteiger partial charge < -0.3 is 9.64 Å². The summed E-state index contributed by atoms with van der Waals surface area (Å²) in [6.45, 7) is 7.95. The van der Waals surface area contributed by atoms with E-state index in [0.29, 0.717) is 26.2 Å². The molecule has 1 atom stereocenters. The van der Waals surface area contributed by atoms with Crippen molar-refractivity contribution >= 4 is 17.5 Å². The van der Waals surface area contributed by atoms with Crippen molar-refractivity contribution in [3.8, 4) is 5.75 Å². The monoisotopic (exact) mass is 393 g/mol. The minimum absolute atomic E-state index is 0.291. The number of carbonyl (C=O) groups is 2. The molecule has 1 unspecified atom stereocenters. The molecule has 7 heteroatoms. The zero-order valence-electron chi connectivity index (χ0n) is 17.0. The van der Waals surface area contributed by atoms with Gasteiger partial charge >= 0.3 is 11.8 Å². The number of amides is 2. The van der Waals surface area contributed by atoms with Crippen LogP contribution in [0, 0.1) is 13.8 Å². The maximum Gasteiger partial charge on any atom is 0.502 e. The summed E-state index contributed by atoms with van der Waals surface area (Å²) in [4.78, 5) is 28.9. The molecule has 7 nitrogen and oxygen atoms in total. The van der Waals surface area contributed by atoms with Crippen LogP contribution in [0.15, 0.2) is 47.6 Å². The van der Waals surface area contributed by atoms with Crippen LogP contribution in [-0.4, -0.2) is 47.4 Å². The van der Waals surface area contributed by atoms with Crippen LogP contribution in [0.4, 0.5) is 5.69 Å². The van der Waals surface area contributed by atoms with Crippen LogP contribution < -0.4 is 9.64 Å². The van der Waals surface area contributed by atoms with Gasteiger partial charge in [-0.3, -0.25) is 9.69 Å². The Kier molecular flexibility index (Phi) is 5.05. The zero-order chi connectivity index (χ0) is 20.5. The highest BCUT2D eigenvalue weighted by Gasteiger charge is 2.49. The van der Waals surface area contributed by atoms with E-state index in [1.807, 2.05) is 68.1 Å². The van der Waals surface area contributed by atoms with Crippen molar-refractivity contribution in [1.82, 2.24) is 4.90 Å². The van der Waals surface area contributed by atoms with Gasteiger partial charge in [0.2, 0.25) is 6.54 Å². The number of anilines is 1. The molecular formula is C22H25N4O3+. The largest absolute Gasteiger partial charge is 0.502 e. The van der Waals surface area contributed by atoms with E-state index in [1.165, 1.54) is 4.70 Å². The predicted octanol–water partition coefficient (Wildman–Crippen LogP) is 2.84. The van der Waals surface area contributed by atoms with Gasteiger partial charge in [-0.25, -0.2) is 4.79 Å². The van der Waals surface area contributed by atoms with Gasteiger partial charge in [-0.2, -0.15) is 0 Å². The van der Waals surface area contributed by atoms with E-state index in [1.54, 1.807) is 4.90 Å². The van der Waals surface area contributed by atoms with Crippen molar-refractivity contribution in [3.63, 3.8) is 0 Å². The molecule has 4 rings (SSSR count). The molecule has 2 heterocycles. The van der Waals surface area contributed by atoms with Crippen molar-refractivity contribution < 1.29 is 19.0 Å². The summed E-state index contributed by atoms with van der Waals surface area (Å²) in [6, 6.07) is 13.8. The maximum atomic E-state index is 12.7. The molecule has 1 fully saturated rings. The number of hydrogen-bond acceptors (Lipinski definition) is 5. The Labute approximate surface area is 170 Å². The molecule has 29 heavy (non-hydrogen) atoms. The minimum Gasteiger partial charge on any atom is -0.494 e. The van der Waals surface area contributed by atoms with E-state index in [2.05, 4.69) is 5.11 Å². The lowest BCUT2D eigenvalue weighted by Crippen LogP contribution is -2.51. The minimum atomic E-state index is -0.573. The van der Waals surface area contributed by atoms with Crippen molar-refractivity contribution in [2.45, 2.75) is 33.6 Å². The van der Waals surface area contributed by atoms with Gasteiger partial charge in [0, 0.05) is 29.5 Å². The second kappa shape index (κ2) is 7.66. The Morgan fingerprint density at radius 2 is 1.79 bits per heavy atom. The number of benzene rings is 2. The Balaban J connectivity index is 1.64. The molecule has 0 aromatic heterocycles. The summed E-state index contributed by atoms with van der Waals surface area (Å²) in [7, 11) is 0. The van der Waals surface area contributed by atoms with Crippen LogP contribution in [0.25, 0.3) is 0 Å². The molecule has 0 radical (unpaired) electrons. The highest BCUT2D eigenvalue weighted by atomic mass is 16.5. The van der Waals surface area contributed by atoms with Crippen LogP contribution in [-0.2, 0) is 16.1 Å². The fourth-order valence-corrected chi connectivity index (χ4v) is 3.76. The van der Waals surface area contributed by atoms with Gasteiger partial charge in [-0.05, 0) is 61.4 Å². The first kappa shape index (κ1) is 19.1. The lowest BCUT2D eigenvalue weighted by molar-refractivity contribution is -0.534. The lowest BCUT2D eigenvalue weighted by atomic mass is 10.1. The highest BCUT2D eigenvalue weighted by Crippen LogP contribution is 2.29. The first-order valence-electron chi connectivity index (χ1n) is 9.87. The van der Waals surface area contributed by atoms with E-state index in [4.69, 9.17) is 4.74 Å². The van der Waals surface area contributed by atoms with Crippen LogP contribution in [0.3, 0.4) is 0 Å². The van der Waals surface area contributed by atoms with Gasteiger partial charge in [0.1, 0.15) is 5.75 Å². The fourth-order valence-electron chi connectivity index (χ4n) is 3.76. The van der Waals surface area contributed by atoms with Crippen LogP contribution in [0.5, 0.6) is 5.75 Å². The SMILES string of the molecule is CCOc1ccc(N2CCN3C(=O)C(=O)[N+](Cc4cc(C)ccc4C)=NC32)cc1. The second-order valence-electron chi connectivity index (χ2n) is 7.37. The van der Waals surface area contributed by atoms with Crippen LogP contribution in [0.1, 0.15) is 23.6 Å². The third kappa shape index (κ3) is 3.60. The van der Waals surface area contributed by atoms with Gasteiger partial charge in [-0.15, -0.1) is 0 Å². The van der Waals surface area contributed by atoms with Gasteiger partial charge in [0.15, 0.2) is 0 Å². The quantitative estimate of drug-likeness (QED) is 0.579. The molecule has 150 valence electrons. The highest BCUT2D eigenvalue weighted by molar-refractivity contribution is 6.31. The third-order valence-electron chi connectivity index (χ3n) is 5.36. The standard InChI is InChI=1S/C22H25N4O3/c1-4-29-19-9-7-18(8-10-19)24-11-12-25-20(27)21(28)26(23-22(24)25)14-17-13-15(2)5-6-16(17)3/h5-10,13,22H,4,11-12,14H2,1-3H3/q+1. The topological polar surface area (TPSA) is 65.2 Å². The molecule has 1 saturated heterocycles. The summed E-state index contributed by atoms with van der Waals surface area (Å²) >= 11 is 0. The first-order chi connectivity index (χ1) is 14.0. The number of hydrogen-bond donors (Lipinski definition) is 0. The average Bonchev–Trinajstić information content (AvgIpc) is 3.13. The second-order valence-corrected chi connectivity index (χ2v) is 7.37. The van der Waals surface area contributed by atoms with Gasteiger partial charge in [0.25, 0.3) is 6.29 Å². The van der Waals surface area contributed by atoms with Crippen LogP contribution >= 0.6 is 0 Å². The van der Waals surface area contributed by atoms with Crippen molar-refractivity contribution in [2.75, 3.05) is 24.6 Å². The molecule has 0 N–H and O–H groups in total. The van der Waals surface area contributed by atoms with E-state index in [9.17, 15) is 9.59 Å². The number of carbonyl (C=O) groups excluding carboxylic acids is 2. The molecule has 2 amide bonds. The molecular weight excluding hydrogens is 368 g/mol. The number of azo groups is 2. The molecule has 2 aromatic rings. The molecule has 0 spiro atoms. The van der Waals surface area contributed by atoms with E-state index in [0.717, 1.165) is 28.1 Å². The predicted molar refractivity (Wildman–Crippen MR) is 108 cm³/mol. The fraction of sp³-hybridized carbons (Fsp3) is 0.364. The number of fused-ring (bicyclic) bond motifs is 1. The normalized spacial score (nSPS) is 18.7. The molecule has 2 aliphatic rings. The number of nitrogens with zero attached hydrogens (tertiary/aromatic N) is 4. The number of ether oxygens (including phenoxy) is 1. The molecule has 2 aromatic carbocycles. The van der Waals surface area contributed by atoms with E-state index >= 15 is 0 Å². The molecule has 0 saturated carbocycles. The Bertz CT molecular complexity index is 984. The Morgan fingerprint density at radius 1 is 1.07 bits per heavy atom. The third-order valence-corrected chi connectivity index (χ3v) is 5.36. The average molecular weight is 393 g/mol. The summed E-state index contributed by atoms with van der Waals surface area (Å²) < 4.78 is 6.82. The van der Waals surface area contributed by atoms with E-state index < -0.39 is 18.1 Å². The summed E-state index contributed by atoms with van der Waals surface area (Å²) in [5.74, 6) is -0.268. The zero-order valence-corrected chi connectivity index (χ0v) is 17.0. The van der Waals surface area contributed by atoms with E-state index in [-0.39, 0.29) is 0 Å². The van der Waals surface area contributed by atoms with Gasteiger partial charge in [0.05, 0.1) is 6.61 Å². The van der Waals surface area contributed by atoms with Crippen molar-refractivity contribution in [2.24, 2.45) is 5.11 Å². The lowest BCUT2D eigenvalue weighted by Gasteiger charge is -2.27. The molecule has 2 aliphatic heterocycles. The molecule has 0 aliphatic carbocycles. The van der Waals surface area contributed by atoms with Crippen molar-refractivity contribution in [1.29, 1.82) is 0 Å². The van der Waals surface area contributed by atoms with Crippen LogP contribution in [0.2, 0.25) is 0 Å². The number of aryl methyl sites for hydroxylation is 2. The van der Waals surface area contributed by atoms with Crippen molar-refractivity contribution in [3.05, 3.63) is 59.2 Å². The molecule has 0 bridgehead atoms. The summed E-state index contributed by atoms with van der Waals surface area (Å²) in [5, 5.41) is 4.64. The maximum absolute atomic E-state index is 12.7. The summed E-state index contributed by atoms with van der Waals surface area (Å²) in [5.41, 5.74) is 4.12. The summed E-state index contributed by atoms with van der Waals surface area (Å²) in [6.07, 6.45) is -0.511. The smallest absolute Gasteiger partial charge is 0.494 e.